The summed E-state index contributed by atoms with van der Waals surface area (Å²) in [7, 11) is 1.69. The van der Waals surface area contributed by atoms with Crippen LogP contribution in [0.1, 0.15) is 39.2 Å². The van der Waals surface area contributed by atoms with Gasteiger partial charge in [0.15, 0.2) is 0 Å². The molecule has 3 unspecified atom stereocenters. The lowest BCUT2D eigenvalue weighted by Gasteiger charge is -2.34. The van der Waals surface area contributed by atoms with Crippen molar-refractivity contribution >= 4 is 17.0 Å². The van der Waals surface area contributed by atoms with E-state index in [1.807, 2.05) is 18.2 Å². The topological polar surface area (TPSA) is 53.1 Å². The van der Waals surface area contributed by atoms with Gasteiger partial charge in [-0.2, -0.15) is 0 Å². The van der Waals surface area contributed by atoms with Crippen LogP contribution in [0.5, 0.6) is 5.75 Å². The van der Waals surface area contributed by atoms with E-state index < -0.39 is 0 Å². The highest BCUT2D eigenvalue weighted by Crippen LogP contribution is 2.40. The summed E-state index contributed by atoms with van der Waals surface area (Å²) in [6.45, 7) is 4.66. The van der Waals surface area contributed by atoms with E-state index in [0.717, 1.165) is 22.7 Å². The predicted octanol–water partition coefficient (Wildman–Crippen LogP) is 3.62. The molecule has 1 fully saturated rings. The summed E-state index contributed by atoms with van der Waals surface area (Å²) in [6, 6.07) is 6.41. The number of nitrogens with zero attached hydrogens (tertiary/aromatic N) is 2. The number of benzene rings is 1. The Morgan fingerprint density at radius 2 is 2.10 bits per heavy atom. The molecule has 0 spiro atoms. The van der Waals surface area contributed by atoms with E-state index in [0.29, 0.717) is 17.9 Å². The molecule has 1 aromatic carbocycles. The lowest BCUT2D eigenvalue weighted by atomic mass is 9.79. The summed E-state index contributed by atoms with van der Waals surface area (Å²) in [5.41, 5.74) is 8.23. The van der Waals surface area contributed by atoms with Gasteiger partial charge in [-0.3, -0.25) is 0 Å². The molecule has 1 aliphatic rings. The normalized spacial score (nSPS) is 26.9. The molecule has 0 saturated heterocycles. The Labute approximate surface area is 119 Å². The molecule has 0 aliphatic heterocycles. The Balaban J connectivity index is 2.07. The number of nitrogens with two attached hydrogens (primary N) is 1. The molecule has 0 radical (unpaired) electrons. The first-order valence-corrected chi connectivity index (χ1v) is 7.41. The Hall–Kier alpha value is -1.71. The van der Waals surface area contributed by atoms with Crippen LogP contribution in [-0.2, 0) is 0 Å². The molecule has 3 rings (SSSR count). The van der Waals surface area contributed by atoms with Gasteiger partial charge in [-0.1, -0.05) is 13.8 Å². The van der Waals surface area contributed by atoms with Gasteiger partial charge in [0.1, 0.15) is 5.75 Å². The average Bonchev–Trinajstić information content (AvgIpc) is 2.74. The van der Waals surface area contributed by atoms with Crippen molar-refractivity contribution in [2.24, 2.45) is 11.8 Å². The van der Waals surface area contributed by atoms with Crippen LogP contribution >= 0.6 is 0 Å². The van der Waals surface area contributed by atoms with Crippen molar-refractivity contribution in [1.82, 2.24) is 9.55 Å². The Morgan fingerprint density at radius 1 is 1.30 bits per heavy atom. The third-order valence-corrected chi connectivity index (χ3v) is 4.64. The molecule has 20 heavy (non-hydrogen) atoms. The summed E-state index contributed by atoms with van der Waals surface area (Å²) in [5, 5.41) is 0. The predicted molar refractivity (Wildman–Crippen MR) is 81.9 cm³/mol. The maximum absolute atomic E-state index is 6.18. The number of fused-ring (bicyclic) bond motifs is 1. The number of ether oxygens (including phenoxy) is 1. The smallest absolute Gasteiger partial charge is 0.201 e. The van der Waals surface area contributed by atoms with Crippen LogP contribution in [0.2, 0.25) is 0 Å². The summed E-state index contributed by atoms with van der Waals surface area (Å²) in [4.78, 5) is 4.50. The molecule has 4 nitrogen and oxygen atoms in total. The molecule has 0 bridgehead atoms. The van der Waals surface area contributed by atoms with E-state index >= 15 is 0 Å². The van der Waals surface area contributed by atoms with Gasteiger partial charge in [-0.25, -0.2) is 4.98 Å². The lowest BCUT2D eigenvalue weighted by Crippen LogP contribution is -2.25. The molecule has 3 atom stereocenters. The molecule has 2 N–H and O–H groups in total. The Morgan fingerprint density at radius 3 is 2.80 bits per heavy atom. The van der Waals surface area contributed by atoms with E-state index in [1.165, 1.54) is 19.3 Å². The quantitative estimate of drug-likeness (QED) is 0.909. The number of methoxy groups -OCH3 is 1. The van der Waals surface area contributed by atoms with E-state index in [1.54, 1.807) is 7.11 Å². The molecule has 4 heteroatoms. The van der Waals surface area contributed by atoms with E-state index in [2.05, 4.69) is 23.4 Å². The third kappa shape index (κ3) is 2.13. The van der Waals surface area contributed by atoms with Gasteiger partial charge >= 0.3 is 0 Å². The second-order valence-corrected chi connectivity index (χ2v) is 6.16. The second-order valence-electron chi connectivity index (χ2n) is 6.16. The number of anilines is 1. The Bertz CT molecular complexity index is 619. The van der Waals surface area contributed by atoms with Crippen molar-refractivity contribution in [2.45, 2.75) is 39.2 Å². The molecule has 108 valence electrons. The summed E-state index contributed by atoms with van der Waals surface area (Å²) < 4.78 is 7.55. The molecule has 2 aromatic rings. The van der Waals surface area contributed by atoms with Crippen LogP contribution in [0.15, 0.2) is 18.2 Å². The molecule has 0 amide bonds. The fourth-order valence-electron chi connectivity index (χ4n) is 3.60. The molecular formula is C16H23N3O. The first-order chi connectivity index (χ1) is 9.60. The summed E-state index contributed by atoms with van der Waals surface area (Å²) in [5.74, 6) is 2.92. The lowest BCUT2D eigenvalue weighted by molar-refractivity contribution is 0.213. The summed E-state index contributed by atoms with van der Waals surface area (Å²) >= 11 is 0. The zero-order chi connectivity index (χ0) is 14.3. The van der Waals surface area contributed by atoms with Gasteiger partial charge in [0.2, 0.25) is 5.95 Å². The van der Waals surface area contributed by atoms with Gasteiger partial charge < -0.3 is 15.0 Å². The van der Waals surface area contributed by atoms with Crippen LogP contribution in [0.3, 0.4) is 0 Å². The van der Waals surface area contributed by atoms with Crippen molar-refractivity contribution in [1.29, 1.82) is 0 Å². The zero-order valence-corrected chi connectivity index (χ0v) is 12.5. The van der Waals surface area contributed by atoms with E-state index in [9.17, 15) is 0 Å². The van der Waals surface area contributed by atoms with Crippen LogP contribution in [0, 0.1) is 11.8 Å². The van der Waals surface area contributed by atoms with Gasteiger partial charge in [0.25, 0.3) is 0 Å². The van der Waals surface area contributed by atoms with E-state index in [4.69, 9.17) is 10.5 Å². The van der Waals surface area contributed by atoms with Crippen molar-refractivity contribution in [3.05, 3.63) is 18.2 Å². The molecule has 1 saturated carbocycles. The highest BCUT2D eigenvalue weighted by atomic mass is 16.5. The van der Waals surface area contributed by atoms with Crippen molar-refractivity contribution in [3.8, 4) is 5.75 Å². The highest BCUT2D eigenvalue weighted by Gasteiger charge is 2.29. The maximum atomic E-state index is 6.18. The summed E-state index contributed by atoms with van der Waals surface area (Å²) in [6.07, 6.45) is 3.70. The number of rotatable bonds is 2. The van der Waals surface area contributed by atoms with Crippen molar-refractivity contribution < 1.29 is 4.74 Å². The molecule has 1 aliphatic carbocycles. The van der Waals surface area contributed by atoms with Gasteiger partial charge in [0, 0.05) is 12.1 Å². The zero-order valence-electron chi connectivity index (χ0n) is 12.5. The van der Waals surface area contributed by atoms with Gasteiger partial charge in [-0.05, 0) is 43.2 Å². The largest absolute Gasteiger partial charge is 0.497 e. The second kappa shape index (κ2) is 5.00. The number of aromatic nitrogens is 2. The number of nitrogen functional groups attached to an aromatic ring is 1. The fourth-order valence-corrected chi connectivity index (χ4v) is 3.60. The van der Waals surface area contributed by atoms with Crippen molar-refractivity contribution in [2.75, 3.05) is 12.8 Å². The standard InChI is InChI=1S/C16H23N3O/c1-10-4-7-14(11(2)8-10)19-15-9-12(20-3)5-6-13(15)18-16(19)17/h5-6,9-11,14H,4,7-8H2,1-3H3,(H2,17,18). The minimum absolute atomic E-state index is 0.448. The third-order valence-electron chi connectivity index (χ3n) is 4.64. The maximum Gasteiger partial charge on any atom is 0.201 e. The van der Waals surface area contributed by atoms with Crippen molar-refractivity contribution in [3.63, 3.8) is 0 Å². The molecule has 1 aromatic heterocycles. The first kappa shape index (κ1) is 13.3. The molecular weight excluding hydrogens is 250 g/mol. The van der Waals surface area contributed by atoms with Gasteiger partial charge in [0.05, 0.1) is 18.1 Å². The molecule has 1 heterocycles. The van der Waals surface area contributed by atoms with Crippen LogP contribution in [0.4, 0.5) is 5.95 Å². The van der Waals surface area contributed by atoms with Crippen LogP contribution < -0.4 is 10.5 Å². The monoisotopic (exact) mass is 273 g/mol. The van der Waals surface area contributed by atoms with Crippen LogP contribution in [0.25, 0.3) is 11.0 Å². The minimum atomic E-state index is 0.448. The number of imidazole rings is 1. The first-order valence-electron chi connectivity index (χ1n) is 7.41. The Kier molecular flexibility index (Phi) is 3.32. The highest BCUT2D eigenvalue weighted by molar-refractivity contribution is 5.80. The van der Waals surface area contributed by atoms with Gasteiger partial charge in [-0.15, -0.1) is 0 Å². The van der Waals surface area contributed by atoms with E-state index in [-0.39, 0.29) is 0 Å². The fraction of sp³-hybridized carbons (Fsp3) is 0.562. The van der Waals surface area contributed by atoms with Crippen LogP contribution in [-0.4, -0.2) is 16.7 Å². The minimum Gasteiger partial charge on any atom is -0.497 e. The number of hydrogen-bond donors (Lipinski definition) is 1. The average molecular weight is 273 g/mol. The SMILES string of the molecule is COc1ccc2nc(N)n(C3CCC(C)CC3C)c2c1. The number of hydrogen-bond acceptors (Lipinski definition) is 3.